The number of aryl methyl sites for hydroxylation is 1. The van der Waals surface area contributed by atoms with Crippen molar-refractivity contribution in [1.82, 2.24) is 14.7 Å². The molecule has 2 aromatic rings. The smallest absolute Gasteiger partial charge is 0.270 e. The minimum absolute atomic E-state index is 0.0789. The Hall–Kier alpha value is -2.26. The molecule has 0 saturated carbocycles. The zero-order valence-corrected chi connectivity index (χ0v) is 13.9. The van der Waals surface area contributed by atoms with Crippen molar-refractivity contribution in [2.75, 3.05) is 12.8 Å². The molecule has 2 rings (SSSR count). The molecule has 0 fully saturated rings. The van der Waals surface area contributed by atoms with Gasteiger partial charge in [0.1, 0.15) is 11.2 Å². The fourth-order valence-electron chi connectivity index (χ4n) is 1.76. The van der Waals surface area contributed by atoms with Crippen molar-refractivity contribution in [1.29, 1.82) is 0 Å². The van der Waals surface area contributed by atoms with Crippen molar-refractivity contribution in [2.24, 2.45) is 0 Å². The molecule has 1 amide bonds. The molecule has 23 heavy (non-hydrogen) atoms. The second-order valence-electron chi connectivity index (χ2n) is 4.83. The van der Waals surface area contributed by atoms with Crippen LogP contribution >= 0.6 is 0 Å². The summed E-state index contributed by atoms with van der Waals surface area (Å²) in [5.74, 6) is -0.369. The molecule has 0 spiro atoms. The number of nitrogens with one attached hydrogen (secondary N) is 1. The van der Waals surface area contributed by atoms with E-state index < -0.39 is 10.1 Å². The highest BCUT2D eigenvalue weighted by atomic mass is 32.2. The van der Waals surface area contributed by atoms with Crippen LogP contribution < -0.4 is 10.9 Å². The van der Waals surface area contributed by atoms with Gasteiger partial charge in [-0.2, -0.15) is 8.42 Å². The van der Waals surface area contributed by atoms with Crippen molar-refractivity contribution in [3.8, 4) is 0 Å². The van der Waals surface area contributed by atoms with E-state index >= 15 is 0 Å². The molecule has 0 aliphatic rings. The minimum Gasteiger partial charge on any atom is -0.352 e. The van der Waals surface area contributed by atoms with Gasteiger partial charge >= 0.3 is 0 Å². The highest BCUT2D eigenvalue weighted by Gasteiger charge is 2.13. The van der Waals surface area contributed by atoms with Gasteiger partial charge in [0, 0.05) is 18.4 Å². The number of hydrogen-bond donors (Lipinski definition) is 2. The second kappa shape index (κ2) is 7.84. The largest absolute Gasteiger partial charge is 0.352 e. The topological polar surface area (TPSA) is 118 Å². The Morgan fingerprint density at radius 2 is 2.00 bits per heavy atom. The molecule has 2 aromatic heterocycles. The standard InChI is InChI=1S/C13H15N3O2.CH4O3S/c1-3-7-14-12(17)10-8-15-11-6-4-5-9(2)16(11)13(10)18;1-5(2,3)4/h4-6,8H,3,7H2,1-2H3,(H,14,17);1H3,(H,2,3,4). The summed E-state index contributed by atoms with van der Waals surface area (Å²) < 4.78 is 27.3. The lowest BCUT2D eigenvalue weighted by Crippen LogP contribution is -2.32. The zero-order chi connectivity index (χ0) is 17.6. The zero-order valence-electron chi connectivity index (χ0n) is 13.1. The molecule has 0 radical (unpaired) electrons. The lowest BCUT2D eigenvalue weighted by Gasteiger charge is -2.06. The summed E-state index contributed by atoms with van der Waals surface area (Å²) in [5.41, 5.74) is 1.06. The fourth-order valence-corrected chi connectivity index (χ4v) is 1.76. The minimum atomic E-state index is -3.67. The van der Waals surface area contributed by atoms with Gasteiger partial charge < -0.3 is 5.32 Å². The Morgan fingerprint density at radius 1 is 1.39 bits per heavy atom. The highest BCUT2D eigenvalue weighted by Crippen LogP contribution is 2.02. The average molecular weight is 341 g/mol. The first-order valence-electron chi connectivity index (χ1n) is 6.83. The number of carbonyl (C=O) groups excluding carboxylic acids is 1. The fraction of sp³-hybridized carbons (Fsp3) is 0.357. The van der Waals surface area contributed by atoms with E-state index in [4.69, 9.17) is 4.55 Å². The summed E-state index contributed by atoms with van der Waals surface area (Å²) >= 11 is 0. The number of amides is 1. The predicted octanol–water partition coefficient (Wildman–Crippen LogP) is 0.647. The van der Waals surface area contributed by atoms with E-state index in [-0.39, 0.29) is 17.0 Å². The van der Waals surface area contributed by atoms with Gasteiger partial charge in [-0.1, -0.05) is 13.0 Å². The second-order valence-corrected chi connectivity index (χ2v) is 6.29. The van der Waals surface area contributed by atoms with E-state index in [1.54, 1.807) is 6.07 Å². The molecule has 8 nitrogen and oxygen atoms in total. The molecule has 2 heterocycles. The van der Waals surface area contributed by atoms with E-state index in [1.807, 2.05) is 26.0 Å². The summed E-state index contributed by atoms with van der Waals surface area (Å²) in [7, 11) is -3.67. The van der Waals surface area contributed by atoms with Crippen LogP contribution in [0, 0.1) is 6.92 Å². The molecule has 9 heteroatoms. The molecule has 126 valence electrons. The monoisotopic (exact) mass is 341 g/mol. The number of hydrogen-bond acceptors (Lipinski definition) is 5. The molecule has 0 unspecified atom stereocenters. The van der Waals surface area contributed by atoms with Crippen molar-refractivity contribution >= 4 is 21.7 Å². The van der Waals surface area contributed by atoms with Crippen LogP contribution in [0.4, 0.5) is 0 Å². The van der Waals surface area contributed by atoms with Gasteiger partial charge in [-0.05, 0) is 25.5 Å². The normalized spacial score (nSPS) is 10.8. The van der Waals surface area contributed by atoms with E-state index in [1.165, 1.54) is 10.6 Å². The maximum atomic E-state index is 12.2. The maximum Gasteiger partial charge on any atom is 0.270 e. The Labute approximate surface area is 133 Å². The van der Waals surface area contributed by atoms with E-state index in [0.717, 1.165) is 12.1 Å². The van der Waals surface area contributed by atoms with Gasteiger partial charge in [0.15, 0.2) is 0 Å². The van der Waals surface area contributed by atoms with Crippen LogP contribution in [-0.2, 0) is 10.1 Å². The number of carbonyl (C=O) groups is 1. The van der Waals surface area contributed by atoms with Gasteiger partial charge in [0.2, 0.25) is 0 Å². The van der Waals surface area contributed by atoms with E-state index in [2.05, 4.69) is 10.3 Å². The van der Waals surface area contributed by atoms with Crippen LogP contribution in [0.5, 0.6) is 0 Å². The van der Waals surface area contributed by atoms with Gasteiger partial charge in [-0.3, -0.25) is 18.5 Å². The summed E-state index contributed by atoms with van der Waals surface area (Å²) in [6.07, 6.45) is 2.88. The van der Waals surface area contributed by atoms with Gasteiger partial charge in [-0.25, -0.2) is 4.98 Å². The van der Waals surface area contributed by atoms with Crippen LogP contribution in [0.15, 0.2) is 29.2 Å². The van der Waals surface area contributed by atoms with E-state index in [9.17, 15) is 18.0 Å². The quantitative estimate of drug-likeness (QED) is 0.791. The predicted molar refractivity (Wildman–Crippen MR) is 86.3 cm³/mol. The SMILES string of the molecule is CCCNC(=O)c1cnc2cccc(C)n2c1=O.CS(=O)(=O)O. The molecular weight excluding hydrogens is 322 g/mol. The lowest BCUT2D eigenvalue weighted by molar-refractivity contribution is 0.0951. The molecular formula is C14H19N3O5S. The maximum absolute atomic E-state index is 12.2. The van der Waals surface area contributed by atoms with Crippen molar-refractivity contribution in [3.63, 3.8) is 0 Å². The van der Waals surface area contributed by atoms with Crippen LogP contribution in [0.25, 0.3) is 5.65 Å². The molecule has 0 saturated heterocycles. The van der Waals surface area contributed by atoms with Crippen molar-refractivity contribution < 1.29 is 17.8 Å². The Balaban J connectivity index is 0.000000463. The lowest BCUT2D eigenvalue weighted by atomic mass is 10.2. The summed E-state index contributed by atoms with van der Waals surface area (Å²) in [6.45, 7) is 4.31. The Bertz CT molecular complexity index is 850. The Kier molecular flexibility index (Phi) is 6.40. The average Bonchev–Trinajstić information content (AvgIpc) is 2.43. The number of nitrogens with zero attached hydrogens (tertiary/aromatic N) is 2. The highest BCUT2D eigenvalue weighted by molar-refractivity contribution is 7.85. The number of rotatable bonds is 3. The van der Waals surface area contributed by atoms with Gasteiger partial charge in [-0.15, -0.1) is 0 Å². The first kappa shape index (κ1) is 18.8. The number of pyridine rings is 1. The summed E-state index contributed by atoms with van der Waals surface area (Å²) in [4.78, 5) is 28.2. The first-order valence-corrected chi connectivity index (χ1v) is 8.68. The third-order valence-corrected chi connectivity index (χ3v) is 2.70. The third kappa shape index (κ3) is 5.80. The van der Waals surface area contributed by atoms with Gasteiger partial charge in [0.25, 0.3) is 21.6 Å². The molecule has 0 bridgehead atoms. The van der Waals surface area contributed by atoms with Crippen molar-refractivity contribution in [2.45, 2.75) is 20.3 Å². The van der Waals surface area contributed by atoms with Crippen LogP contribution in [0.3, 0.4) is 0 Å². The first-order chi connectivity index (χ1) is 10.6. The Morgan fingerprint density at radius 3 is 2.57 bits per heavy atom. The van der Waals surface area contributed by atoms with Gasteiger partial charge in [0.05, 0.1) is 6.26 Å². The molecule has 2 N–H and O–H groups in total. The van der Waals surface area contributed by atoms with Crippen LogP contribution in [-0.4, -0.2) is 41.1 Å². The molecule has 0 aromatic carbocycles. The van der Waals surface area contributed by atoms with E-state index in [0.29, 0.717) is 18.4 Å². The van der Waals surface area contributed by atoms with Crippen LogP contribution in [0.1, 0.15) is 29.4 Å². The number of fused-ring (bicyclic) bond motifs is 1. The van der Waals surface area contributed by atoms with Crippen LogP contribution in [0.2, 0.25) is 0 Å². The number of aromatic nitrogens is 2. The molecule has 0 atom stereocenters. The third-order valence-electron chi connectivity index (χ3n) is 2.70. The summed E-state index contributed by atoms with van der Waals surface area (Å²) in [5, 5.41) is 2.68. The molecule has 0 aliphatic carbocycles. The van der Waals surface area contributed by atoms with Crippen molar-refractivity contribution in [3.05, 3.63) is 46.0 Å². The summed E-state index contributed by atoms with van der Waals surface area (Å²) in [6, 6.07) is 5.37. The molecule has 0 aliphatic heterocycles.